The number of nitrogens with two attached hydrogens (primary N) is 2. The monoisotopic (exact) mass is 203 g/mol. The van der Waals surface area contributed by atoms with Gasteiger partial charge in [-0.15, -0.1) is 0 Å². The van der Waals surface area contributed by atoms with E-state index >= 15 is 0 Å². The van der Waals surface area contributed by atoms with Gasteiger partial charge in [0.05, 0.1) is 0 Å². The van der Waals surface area contributed by atoms with Crippen LogP contribution in [-0.2, 0) is 11.8 Å². The second-order valence-corrected chi connectivity index (χ2v) is 3.59. The highest BCUT2D eigenvalue weighted by Crippen LogP contribution is 2.24. The van der Waals surface area contributed by atoms with E-state index < -0.39 is 11.9 Å². The van der Waals surface area contributed by atoms with Gasteiger partial charge >= 0.3 is 0 Å². The number of fused-ring (bicyclic) bond motifs is 1. The van der Waals surface area contributed by atoms with Gasteiger partial charge in [-0.2, -0.15) is 0 Å². The van der Waals surface area contributed by atoms with E-state index in [4.69, 9.17) is 11.5 Å². The molecule has 0 fully saturated rings. The number of para-hydroxylation sites is 1. The molecule has 1 aromatic carbocycles. The third kappa shape index (κ3) is 1.49. The first-order valence-corrected chi connectivity index (χ1v) is 4.70. The Bertz CT molecular complexity index is 516. The summed E-state index contributed by atoms with van der Waals surface area (Å²) in [6, 6.07) is 7.04. The zero-order valence-corrected chi connectivity index (χ0v) is 8.47. The highest BCUT2D eigenvalue weighted by atomic mass is 16.1. The molecule has 1 unspecified atom stereocenters. The quantitative estimate of drug-likeness (QED) is 0.752. The minimum Gasteiger partial charge on any atom is -0.368 e. The van der Waals surface area contributed by atoms with Gasteiger partial charge in [0.15, 0.2) is 0 Å². The van der Waals surface area contributed by atoms with Gasteiger partial charge in [0.1, 0.15) is 6.04 Å². The van der Waals surface area contributed by atoms with Crippen molar-refractivity contribution in [2.75, 3.05) is 0 Å². The van der Waals surface area contributed by atoms with Crippen molar-refractivity contribution < 1.29 is 4.79 Å². The Morgan fingerprint density at radius 3 is 2.73 bits per heavy atom. The summed E-state index contributed by atoms with van der Waals surface area (Å²) < 4.78 is 1.94. The van der Waals surface area contributed by atoms with E-state index in [0.717, 1.165) is 16.5 Å². The first-order valence-electron chi connectivity index (χ1n) is 4.70. The predicted molar refractivity (Wildman–Crippen MR) is 59.0 cm³/mol. The van der Waals surface area contributed by atoms with Crippen LogP contribution in [0.15, 0.2) is 30.5 Å². The lowest BCUT2D eigenvalue weighted by atomic mass is 10.1. The molecule has 0 aliphatic carbocycles. The van der Waals surface area contributed by atoms with Crippen molar-refractivity contribution in [1.82, 2.24) is 4.57 Å². The fourth-order valence-corrected chi connectivity index (χ4v) is 1.77. The van der Waals surface area contributed by atoms with Crippen LogP contribution in [-0.4, -0.2) is 10.5 Å². The molecule has 4 N–H and O–H groups in total. The largest absolute Gasteiger partial charge is 0.368 e. The number of amides is 1. The molecule has 1 aromatic heterocycles. The van der Waals surface area contributed by atoms with Crippen LogP contribution >= 0.6 is 0 Å². The summed E-state index contributed by atoms with van der Waals surface area (Å²) in [6.45, 7) is 0. The van der Waals surface area contributed by atoms with Gasteiger partial charge in [0.2, 0.25) is 5.91 Å². The van der Waals surface area contributed by atoms with E-state index in [-0.39, 0.29) is 0 Å². The maximum atomic E-state index is 11.0. The highest BCUT2D eigenvalue weighted by molar-refractivity contribution is 5.91. The molecule has 1 amide bonds. The van der Waals surface area contributed by atoms with Crippen molar-refractivity contribution in [3.63, 3.8) is 0 Å². The van der Waals surface area contributed by atoms with Crippen molar-refractivity contribution in [2.24, 2.45) is 18.5 Å². The Labute approximate surface area is 87.5 Å². The van der Waals surface area contributed by atoms with Crippen LogP contribution in [0, 0.1) is 0 Å². The lowest BCUT2D eigenvalue weighted by Gasteiger charge is -2.04. The predicted octanol–water partition coefficient (Wildman–Crippen LogP) is 0.663. The molecule has 4 heteroatoms. The van der Waals surface area contributed by atoms with Crippen LogP contribution in [0.3, 0.4) is 0 Å². The third-order valence-electron chi connectivity index (χ3n) is 2.57. The van der Waals surface area contributed by atoms with Crippen LogP contribution < -0.4 is 11.5 Å². The molecule has 1 heterocycles. The standard InChI is InChI=1S/C11H13N3O/c1-14-6-8(10(12)11(13)15)7-4-2-3-5-9(7)14/h2-6,10H,12H2,1H3,(H2,13,15). The molecule has 15 heavy (non-hydrogen) atoms. The fraction of sp³-hybridized carbons (Fsp3) is 0.182. The zero-order chi connectivity index (χ0) is 11.0. The second-order valence-electron chi connectivity index (χ2n) is 3.59. The van der Waals surface area contributed by atoms with Crippen LogP contribution in [0.1, 0.15) is 11.6 Å². The van der Waals surface area contributed by atoms with Gasteiger partial charge in [-0.1, -0.05) is 18.2 Å². The van der Waals surface area contributed by atoms with Crippen LogP contribution in [0.2, 0.25) is 0 Å². The molecular weight excluding hydrogens is 190 g/mol. The van der Waals surface area contributed by atoms with E-state index in [0.29, 0.717) is 0 Å². The Morgan fingerprint density at radius 2 is 2.07 bits per heavy atom. The minimum absolute atomic E-state index is 0.508. The molecule has 0 aliphatic rings. The summed E-state index contributed by atoms with van der Waals surface area (Å²) in [5.74, 6) is -0.508. The summed E-state index contributed by atoms with van der Waals surface area (Å²) in [5, 5.41) is 0.978. The normalized spacial score (nSPS) is 12.9. The second kappa shape index (κ2) is 3.40. The number of rotatable bonds is 2. The molecule has 0 saturated carbocycles. The maximum absolute atomic E-state index is 11.0. The first kappa shape index (κ1) is 9.73. The van der Waals surface area contributed by atoms with Crippen LogP contribution in [0.5, 0.6) is 0 Å². The molecule has 0 spiro atoms. The van der Waals surface area contributed by atoms with E-state index in [1.807, 2.05) is 42.1 Å². The summed E-state index contributed by atoms with van der Waals surface area (Å²) in [7, 11) is 1.92. The van der Waals surface area contributed by atoms with E-state index in [9.17, 15) is 4.79 Å². The number of aryl methyl sites for hydroxylation is 1. The van der Waals surface area contributed by atoms with Gasteiger partial charge < -0.3 is 16.0 Å². The van der Waals surface area contributed by atoms with Gasteiger partial charge in [-0.05, 0) is 6.07 Å². The Kier molecular flexibility index (Phi) is 2.21. The van der Waals surface area contributed by atoms with Gasteiger partial charge in [-0.3, -0.25) is 4.79 Å². The third-order valence-corrected chi connectivity index (χ3v) is 2.57. The number of hydrogen-bond acceptors (Lipinski definition) is 2. The number of carbonyl (C=O) groups excluding carboxylic acids is 1. The van der Waals surface area contributed by atoms with Crippen LogP contribution in [0.25, 0.3) is 10.9 Å². The SMILES string of the molecule is Cn1cc(C(N)C(N)=O)c2ccccc21. The van der Waals surface area contributed by atoms with Crippen molar-refractivity contribution >= 4 is 16.8 Å². The first-order chi connectivity index (χ1) is 7.11. The molecule has 2 rings (SSSR count). The number of benzene rings is 1. The number of aromatic nitrogens is 1. The lowest BCUT2D eigenvalue weighted by molar-refractivity contribution is -0.119. The van der Waals surface area contributed by atoms with Gasteiger partial charge in [0.25, 0.3) is 0 Å². The Balaban J connectivity index is 2.67. The number of primary amides is 1. The van der Waals surface area contributed by atoms with E-state index in [1.165, 1.54) is 0 Å². The maximum Gasteiger partial charge on any atom is 0.239 e. The van der Waals surface area contributed by atoms with Crippen molar-refractivity contribution in [2.45, 2.75) is 6.04 Å². The highest BCUT2D eigenvalue weighted by Gasteiger charge is 2.17. The molecular formula is C11H13N3O. The number of carbonyl (C=O) groups is 1. The summed E-state index contributed by atoms with van der Waals surface area (Å²) in [6.07, 6.45) is 1.85. The van der Waals surface area contributed by atoms with E-state index in [2.05, 4.69) is 0 Å². The summed E-state index contributed by atoms with van der Waals surface area (Å²) in [5.41, 5.74) is 12.7. The smallest absolute Gasteiger partial charge is 0.239 e. The van der Waals surface area contributed by atoms with Gasteiger partial charge in [0, 0.05) is 29.7 Å². The molecule has 1 atom stereocenters. The van der Waals surface area contributed by atoms with Crippen molar-refractivity contribution in [3.05, 3.63) is 36.0 Å². The van der Waals surface area contributed by atoms with Crippen LogP contribution in [0.4, 0.5) is 0 Å². The lowest BCUT2D eigenvalue weighted by Crippen LogP contribution is -2.27. The topological polar surface area (TPSA) is 74.0 Å². The summed E-state index contributed by atoms with van der Waals surface area (Å²) >= 11 is 0. The molecule has 2 aromatic rings. The van der Waals surface area contributed by atoms with Gasteiger partial charge in [-0.25, -0.2) is 0 Å². The Morgan fingerprint density at radius 1 is 1.40 bits per heavy atom. The molecule has 78 valence electrons. The molecule has 0 radical (unpaired) electrons. The fourth-order valence-electron chi connectivity index (χ4n) is 1.77. The van der Waals surface area contributed by atoms with Crippen molar-refractivity contribution in [1.29, 1.82) is 0 Å². The summed E-state index contributed by atoms with van der Waals surface area (Å²) in [4.78, 5) is 11.0. The number of hydrogen-bond donors (Lipinski definition) is 2. The van der Waals surface area contributed by atoms with Crippen molar-refractivity contribution in [3.8, 4) is 0 Å². The Hall–Kier alpha value is -1.81. The number of nitrogens with zero attached hydrogens (tertiary/aromatic N) is 1. The molecule has 4 nitrogen and oxygen atoms in total. The minimum atomic E-state index is -0.740. The average molecular weight is 203 g/mol. The van der Waals surface area contributed by atoms with E-state index in [1.54, 1.807) is 0 Å². The molecule has 0 saturated heterocycles. The zero-order valence-electron chi connectivity index (χ0n) is 8.47. The molecule has 0 bridgehead atoms. The average Bonchev–Trinajstić information content (AvgIpc) is 2.56. The molecule has 0 aliphatic heterocycles.